The Balaban J connectivity index is 1.25. The lowest BCUT2D eigenvalue weighted by molar-refractivity contribution is 0.0896. The van der Waals surface area contributed by atoms with E-state index < -0.39 is 6.09 Å². The first kappa shape index (κ1) is 20.8. The van der Waals surface area contributed by atoms with Crippen molar-refractivity contribution in [2.45, 2.75) is 25.6 Å². The molecular formula is C20H21Cl2N3O5. The number of carbonyl (C=O) groups excluding carboxylic acids is 2. The molecule has 1 aromatic heterocycles. The molecule has 2 fully saturated rings. The number of rotatable bonds is 5. The average Bonchev–Trinajstić information content (AvgIpc) is 3.42. The van der Waals surface area contributed by atoms with Gasteiger partial charge in [-0.25, -0.2) is 4.79 Å². The summed E-state index contributed by atoms with van der Waals surface area (Å²) in [6.07, 6.45) is 1.37. The summed E-state index contributed by atoms with van der Waals surface area (Å²) < 4.78 is 16.4. The van der Waals surface area contributed by atoms with Gasteiger partial charge in [0.1, 0.15) is 5.75 Å². The predicted octanol–water partition coefficient (Wildman–Crippen LogP) is 3.77. The quantitative estimate of drug-likeness (QED) is 0.740. The third-order valence-electron chi connectivity index (χ3n) is 5.51. The summed E-state index contributed by atoms with van der Waals surface area (Å²) in [6.45, 7) is 1.17. The molecule has 0 spiro atoms. The Hall–Kier alpha value is -2.45. The Kier molecular flexibility index (Phi) is 6.06. The molecule has 2 aliphatic rings. The van der Waals surface area contributed by atoms with E-state index in [1.54, 1.807) is 23.1 Å². The van der Waals surface area contributed by atoms with E-state index in [4.69, 9.17) is 37.2 Å². The second-order valence-corrected chi connectivity index (χ2v) is 8.37. The van der Waals surface area contributed by atoms with Gasteiger partial charge < -0.3 is 24.2 Å². The van der Waals surface area contributed by atoms with Crippen LogP contribution >= 0.6 is 23.2 Å². The Labute approximate surface area is 183 Å². The minimum atomic E-state index is -0.402. The average molecular weight is 454 g/mol. The summed E-state index contributed by atoms with van der Waals surface area (Å²) in [6, 6.07) is 6.65. The fraction of sp³-hybridized carbons (Fsp3) is 0.450. The molecule has 10 heteroatoms. The number of hydrogen-bond acceptors (Lipinski definition) is 6. The second-order valence-electron chi connectivity index (χ2n) is 7.52. The molecule has 3 atom stereocenters. The molecule has 2 heterocycles. The smallest absolute Gasteiger partial charge is 0.410 e. The van der Waals surface area contributed by atoms with Crippen LogP contribution in [0, 0.1) is 11.8 Å². The zero-order chi connectivity index (χ0) is 21.3. The molecule has 1 aliphatic heterocycles. The predicted molar refractivity (Wildman–Crippen MR) is 109 cm³/mol. The molecule has 0 radical (unpaired) electrons. The van der Waals surface area contributed by atoms with Crippen molar-refractivity contribution < 1.29 is 23.6 Å². The highest BCUT2D eigenvalue weighted by molar-refractivity contribution is 6.35. The van der Waals surface area contributed by atoms with Crippen LogP contribution in [0.5, 0.6) is 5.75 Å². The monoisotopic (exact) mass is 453 g/mol. The van der Waals surface area contributed by atoms with E-state index in [1.165, 1.54) is 13.1 Å². The minimum absolute atomic E-state index is 0.0640. The van der Waals surface area contributed by atoms with Crippen molar-refractivity contribution in [2.24, 2.45) is 11.8 Å². The highest BCUT2D eigenvalue weighted by Crippen LogP contribution is 2.41. The molecule has 30 heavy (non-hydrogen) atoms. The molecule has 0 bridgehead atoms. The lowest BCUT2D eigenvalue weighted by Gasteiger charge is -2.20. The third-order valence-corrected chi connectivity index (χ3v) is 6.04. The van der Waals surface area contributed by atoms with Gasteiger partial charge in [-0.15, -0.1) is 0 Å². The largest absolute Gasteiger partial charge is 0.489 e. The van der Waals surface area contributed by atoms with E-state index in [-0.39, 0.29) is 24.3 Å². The van der Waals surface area contributed by atoms with E-state index in [0.29, 0.717) is 46.5 Å². The molecule has 1 aromatic carbocycles. The standard InChI is InChI=1S/C20H21Cl2N3O5/c1-23-19(26)17-7-15(30-24-17)10-28-20(27)25-8-11-4-14(5-12(11)9-25)29-18-3-2-13(21)6-16(18)22/h2-3,6-7,11-12,14H,4-5,8-10H2,1H3,(H,23,26)/t11-,12+,14-. The Morgan fingerprint density at radius 3 is 2.63 bits per heavy atom. The molecule has 4 rings (SSSR count). The second kappa shape index (κ2) is 8.73. The first-order valence-corrected chi connectivity index (χ1v) is 10.4. The number of halogens is 2. The SMILES string of the molecule is CNC(=O)c1cc(COC(=O)N2C[C@H]3C[C@@H](Oc4ccc(Cl)cc4Cl)C[C@H]3C2)on1. The molecular weight excluding hydrogens is 433 g/mol. The van der Waals surface area contributed by atoms with Crippen LogP contribution in [0.25, 0.3) is 0 Å². The first-order valence-electron chi connectivity index (χ1n) is 9.64. The van der Waals surface area contributed by atoms with Crippen LogP contribution in [0.4, 0.5) is 4.79 Å². The van der Waals surface area contributed by atoms with Crippen LogP contribution < -0.4 is 10.1 Å². The first-order chi connectivity index (χ1) is 14.4. The molecule has 160 valence electrons. The maximum Gasteiger partial charge on any atom is 0.410 e. The Morgan fingerprint density at radius 1 is 1.23 bits per heavy atom. The van der Waals surface area contributed by atoms with E-state index in [2.05, 4.69) is 10.5 Å². The topological polar surface area (TPSA) is 93.9 Å². The molecule has 2 aromatic rings. The Morgan fingerprint density at radius 2 is 1.97 bits per heavy atom. The number of benzene rings is 1. The van der Waals surface area contributed by atoms with Gasteiger partial charge in [-0.2, -0.15) is 0 Å². The van der Waals surface area contributed by atoms with Crippen LogP contribution in [0.15, 0.2) is 28.8 Å². The third kappa shape index (κ3) is 4.49. The van der Waals surface area contributed by atoms with Crippen LogP contribution in [-0.4, -0.2) is 48.3 Å². The van der Waals surface area contributed by atoms with Crippen molar-refractivity contribution in [3.8, 4) is 5.75 Å². The van der Waals surface area contributed by atoms with E-state index in [9.17, 15) is 9.59 Å². The van der Waals surface area contributed by atoms with Gasteiger partial charge in [0.05, 0.1) is 11.1 Å². The maximum absolute atomic E-state index is 12.4. The molecule has 1 saturated heterocycles. The molecule has 1 saturated carbocycles. The number of ether oxygens (including phenoxy) is 2. The number of fused-ring (bicyclic) bond motifs is 1. The van der Waals surface area contributed by atoms with Crippen molar-refractivity contribution in [3.05, 3.63) is 45.8 Å². The summed E-state index contributed by atoms with van der Waals surface area (Å²) in [5, 5.41) is 7.16. The van der Waals surface area contributed by atoms with Gasteiger partial charge in [-0.1, -0.05) is 28.4 Å². The number of likely N-dealkylation sites (tertiary alicyclic amines) is 1. The zero-order valence-electron chi connectivity index (χ0n) is 16.3. The fourth-order valence-electron chi connectivity index (χ4n) is 4.08. The summed E-state index contributed by atoms with van der Waals surface area (Å²) in [5.41, 5.74) is 0.145. The number of carbonyl (C=O) groups is 2. The van der Waals surface area contributed by atoms with Gasteiger partial charge in [0.15, 0.2) is 18.1 Å². The van der Waals surface area contributed by atoms with Crippen LogP contribution in [-0.2, 0) is 11.3 Å². The molecule has 1 aliphatic carbocycles. The normalized spacial score (nSPS) is 22.6. The molecule has 1 N–H and O–H groups in total. The number of hydrogen-bond donors (Lipinski definition) is 1. The number of nitrogens with one attached hydrogen (secondary N) is 1. The molecule has 8 nitrogen and oxygen atoms in total. The van der Waals surface area contributed by atoms with Gasteiger partial charge in [0, 0.05) is 31.2 Å². The van der Waals surface area contributed by atoms with Gasteiger partial charge in [-0.05, 0) is 42.9 Å². The van der Waals surface area contributed by atoms with Gasteiger partial charge in [0.2, 0.25) is 0 Å². The zero-order valence-corrected chi connectivity index (χ0v) is 17.8. The highest BCUT2D eigenvalue weighted by Gasteiger charge is 2.43. The van der Waals surface area contributed by atoms with Crippen molar-refractivity contribution in [2.75, 3.05) is 20.1 Å². The summed E-state index contributed by atoms with van der Waals surface area (Å²) in [7, 11) is 1.50. The number of nitrogens with zero attached hydrogens (tertiary/aromatic N) is 2. The fourth-order valence-corrected chi connectivity index (χ4v) is 4.53. The molecule has 0 unspecified atom stereocenters. The summed E-state index contributed by atoms with van der Waals surface area (Å²) in [4.78, 5) is 25.6. The number of aromatic nitrogens is 1. The lowest BCUT2D eigenvalue weighted by atomic mass is 10.0. The van der Waals surface area contributed by atoms with Crippen molar-refractivity contribution in [1.29, 1.82) is 0 Å². The Bertz CT molecular complexity index is 936. The maximum atomic E-state index is 12.4. The van der Waals surface area contributed by atoms with Crippen LogP contribution in [0.3, 0.4) is 0 Å². The van der Waals surface area contributed by atoms with Crippen molar-refractivity contribution in [3.63, 3.8) is 0 Å². The summed E-state index contributed by atoms with van der Waals surface area (Å²) >= 11 is 12.1. The van der Waals surface area contributed by atoms with Crippen LogP contribution in [0.1, 0.15) is 29.1 Å². The van der Waals surface area contributed by atoms with Crippen LogP contribution in [0.2, 0.25) is 10.0 Å². The van der Waals surface area contributed by atoms with E-state index >= 15 is 0 Å². The minimum Gasteiger partial charge on any atom is -0.489 e. The summed E-state index contributed by atoms with van der Waals surface area (Å²) in [5.74, 6) is 1.30. The number of amides is 2. The highest BCUT2D eigenvalue weighted by atomic mass is 35.5. The van der Waals surface area contributed by atoms with Gasteiger partial charge in [0.25, 0.3) is 5.91 Å². The van der Waals surface area contributed by atoms with Gasteiger partial charge in [-0.3, -0.25) is 4.79 Å². The van der Waals surface area contributed by atoms with E-state index in [1.807, 2.05) is 0 Å². The van der Waals surface area contributed by atoms with Crippen molar-refractivity contribution in [1.82, 2.24) is 15.4 Å². The lowest BCUT2D eigenvalue weighted by Crippen LogP contribution is -2.31. The molecule has 2 amide bonds. The van der Waals surface area contributed by atoms with Gasteiger partial charge >= 0.3 is 6.09 Å². The van der Waals surface area contributed by atoms with Crippen molar-refractivity contribution >= 4 is 35.2 Å². The van der Waals surface area contributed by atoms with E-state index in [0.717, 1.165) is 12.8 Å².